The maximum Gasteiger partial charge on any atom is 0.215 e. The molecule has 3 N–H and O–H groups in total. The Morgan fingerprint density at radius 1 is 1.47 bits per heavy atom. The first-order valence-electron chi connectivity index (χ1n) is 5.20. The number of nitrogens with two attached hydrogens (primary N) is 1. The van der Waals surface area contributed by atoms with Gasteiger partial charge < -0.3 is 5.73 Å². The molecule has 1 aliphatic carbocycles. The molecule has 0 spiro atoms. The van der Waals surface area contributed by atoms with E-state index in [1.54, 1.807) is 0 Å². The van der Waals surface area contributed by atoms with Crippen LogP contribution in [0.4, 0.5) is 0 Å². The summed E-state index contributed by atoms with van der Waals surface area (Å²) in [6, 6.07) is 0. The van der Waals surface area contributed by atoms with Gasteiger partial charge in [0, 0.05) is 0 Å². The zero-order valence-electron chi connectivity index (χ0n) is 9.12. The van der Waals surface area contributed by atoms with Gasteiger partial charge in [0.2, 0.25) is 10.0 Å². The van der Waals surface area contributed by atoms with Crippen LogP contribution in [0.1, 0.15) is 39.5 Å². The topological polar surface area (TPSA) is 72.2 Å². The highest BCUT2D eigenvalue weighted by Gasteiger charge is 2.42. The molecule has 0 heterocycles. The average Bonchev–Trinajstić information content (AvgIpc) is 2.96. The van der Waals surface area contributed by atoms with E-state index in [4.69, 9.17) is 18.0 Å². The normalized spacial score (nSPS) is 17.7. The standard InChI is InChI=1S/C9H18N2O2S2/c1-3-9(4-2,8(10)14)11-15(12,13)7-5-6-7/h7,11H,3-6H2,1-2H3,(H2,10,14). The molecule has 0 aliphatic heterocycles. The first-order valence-corrected chi connectivity index (χ1v) is 7.16. The van der Waals surface area contributed by atoms with Crippen molar-refractivity contribution in [2.45, 2.75) is 50.3 Å². The third kappa shape index (κ3) is 2.68. The van der Waals surface area contributed by atoms with Gasteiger partial charge in [-0.25, -0.2) is 13.1 Å². The molecule has 1 fully saturated rings. The first-order chi connectivity index (χ1) is 6.88. The second-order valence-corrected chi connectivity index (χ2v) is 6.40. The summed E-state index contributed by atoms with van der Waals surface area (Å²) >= 11 is 4.95. The zero-order valence-corrected chi connectivity index (χ0v) is 10.7. The Labute approximate surface area is 96.7 Å². The predicted octanol–water partition coefficient (Wildman–Crippen LogP) is 0.913. The van der Waals surface area contributed by atoms with E-state index in [0.29, 0.717) is 12.8 Å². The summed E-state index contributed by atoms with van der Waals surface area (Å²) in [5.41, 5.74) is 4.89. The van der Waals surface area contributed by atoms with Crippen LogP contribution < -0.4 is 10.5 Å². The van der Waals surface area contributed by atoms with E-state index in [-0.39, 0.29) is 10.2 Å². The Morgan fingerprint density at radius 3 is 2.20 bits per heavy atom. The number of rotatable bonds is 6. The molecular formula is C9H18N2O2S2. The Morgan fingerprint density at radius 2 is 1.93 bits per heavy atom. The second-order valence-electron chi connectivity index (χ2n) is 4.00. The van der Waals surface area contributed by atoms with E-state index < -0.39 is 15.6 Å². The van der Waals surface area contributed by atoms with E-state index in [2.05, 4.69) is 4.72 Å². The molecule has 88 valence electrons. The number of hydrogen-bond donors (Lipinski definition) is 2. The minimum Gasteiger partial charge on any atom is -0.392 e. The molecule has 0 unspecified atom stereocenters. The van der Waals surface area contributed by atoms with E-state index in [1.807, 2.05) is 13.8 Å². The molecule has 0 atom stereocenters. The lowest BCUT2D eigenvalue weighted by Crippen LogP contribution is -2.56. The summed E-state index contributed by atoms with van der Waals surface area (Å²) in [5, 5.41) is -0.232. The summed E-state index contributed by atoms with van der Waals surface area (Å²) in [6.07, 6.45) is 2.67. The zero-order chi connectivity index (χ0) is 11.7. The third-order valence-electron chi connectivity index (χ3n) is 2.98. The molecule has 1 aliphatic rings. The van der Waals surface area contributed by atoms with Crippen molar-refractivity contribution in [1.82, 2.24) is 4.72 Å². The number of nitrogens with one attached hydrogen (secondary N) is 1. The maximum atomic E-state index is 11.8. The summed E-state index contributed by atoms with van der Waals surface area (Å²) < 4.78 is 26.3. The highest BCUT2D eigenvalue weighted by atomic mass is 32.2. The van der Waals surface area contributed by atoms with Gasteiger partial charge in [0.15, 0.2) is 0 Å². The Kier molecular flexibility index (Phi) is 3.73. The fourth-order valence-electron chi connectivity index (χ4n) is 1.53. The van der Waals surface area contributed by atoms with Gasteiger partial charge in [0.05, 0.1) is 15.8 Å². The molecule has 6 heteroatoms. The molecule has 0 aromatic carbocycles. The molecular weight excluding hydrogens is 232 g/mol. The fourth-order valence-corrected chi connectivity index (χ4v) is 3.80. The van der Waals surface area contributed by atoms with Crippen LogP contribution in [0.15, 0.2) is 0 Å². The van der Waals surface area contributed by atoms with Crippen molar-refractivity contribution in [3.05, 3.63) is 0 Å². The monoisotopic (exact) mass is 250 g/mol. The minimum atomic E-state index is -3.23. The van der Waals surface area contributed by atoms with Crippen molar-refractivity contribution in [1.29, 1.82) is 0 Å². The van der Waals surface area contributed by atoms with Crippen LogP contribution in [0.5, 0.6) is 0 Å². The van der Waals surface area contributed by atoms with Crippen LogP contribution in [0.3, 0.4) is 0 Å². The van der Waals surface area contributed by atoms with Gasteiger partial charge in [-0.05, 0) is 25.7 Å². The van der Waals surface area contributed by atoms with E-state index >= 15 is 0 Å². The SMILES string of the molecule is CCC(CC)(NS(=O)(=O)C1CC1)C(N)=S. The molecule has 0 saturated heterocycles. The van der Waals surface area contributed by atoms with Crippen molar-refractivity contribution in [2.24, 2.45) is 5.73 Å². The lowest BCUT2D eigenvalue weighted by molar-refractivity contribution is 0.465. The molecule has 0 aromatic rings. The van der Waals surface area contributed by atoms with Crippen LogP contribution in [0.25, 0.3) is 0 Å². The lowest BCUT2D eigenvalue weighted by atomic mass is 9.94. The van der Waals surface area contributed by atoms with Gasteiger partial charge in [-0.3, -0.25) is 0 Å². The largest absolute Gasteiger partial charge is 0.392 e. The molecule has 4 nitrogen and oxygen atoms in total. The van der Waals surface area contributed by atoms with Crippen molar-refractivity contribution in [2.75, 3.05) is 0 Å². The number of sulfonamides is 1. The highest BCUT2D eigenvalue weighted by molar-refractivity contribution is 7.90. The van der Waals surface area contributed by atoms with Gasteiger partial charge in [0.25, 0.3) is 0 Å². The van der Waals surface area contributed by atoms with E-state index in [1.165, 1.54) is 0 Å². The van der Waals surface area contributed by atoms with Crippen LogP contribution >= 0.6 is 12.2 Å². The van der Waals surface area contributed by atoms with Gasteiger partial charge in [0.1, 0.15) is 0 Å². The van der Waals surface area contributed by atoms with Crippen LogP contribution in [0, 0.1) is 0 Å². The quantitative estimate of drug-likeness (QED) is 0.687. The maximum absolute atomic E-state index is 11.8. The summed E-state index contributed by atoms with van der Waals surface area (Å²) in [5.74, 6) is 0. The second kappa shape index (κ2) is 4.35. The van der Waals surface area contributed by atoms with Crippen molar-refractivity contribution < 1.29 is 8.42 Å². The van der Waals surface area contributed by atoms with Crippen LogP contribution in [-0.4, -0.2) is 24.2 Å². The minimum absolute atomic E-state index is 0.232. The Balaban J connectivity index is 2.87. The van der Waals surface area contributed by atoms with Gasteiger partial charge in [-0.2, -0.15) is 0 Å². The number of hydrogen-bond acceptors (Lipinski definition) is 3. The van der Waals surface area contributed by atoms with Crippen molar-refractivity contribution >= 4 is 27.2 Å². The number of thiocarbonyl (C=S) groups is 1. The molecule has 0 bridgehead atoms. The first kappa shape index (κ1) is 12.9. The molecule has 0 aromatic heterocycles. The summed E-state index contributed by atoms with van der Waals surface area (Å²) in [4.78, 5) is 0.233. The van der Waals surface area contributed by atoms with E-state index in [9.17, 15) is 8.42 Å². The smallest absolute Gasteiger partial charge is 0.215 e. The van der Waals surface area contributed by atoms with Crippen LogP contribution in [-0.2, 0) is 10.0 Å². The Hall–Kier alpha value is -0.200. The fraction of sp³-hybridized carbons (Fsp3) is 0.889. The molecule has 1 rings (SSSR count). The van der Waals surface area contributed by atoms with Crippen molar-refractivity contribution in [3.63, 3.8) is 0 Å². The van der Waals surface area contributed by atoms with Gasteiger partial charge >= 0.3 is 0 Å². The van der Waals surface area contributed by atoms with Gasteiger partial charge in [-0.1, -0.05) is 26.1 Å². The average molecular weight is 250 g/mol. The molecule has 0 amide bonds. The molecule has 1 saturated carbocycles. The third-order valence-corrected chi connectivity index (χ3v) is 5.39. The van der Waals surface area contributed by atoms with Crippen LogP contribution in [0.2, 0.25) is 0 Å². The molecule has 15 heavy (non-hydrogen) atoms. The summed E-state index contributed by atoms with van der Waals surface area (Å²) in [7, 11) is -3.23. The van der Waals surface area contributed by atoms with Crippen molar-refractivity contribution in [3.8, 4) is 0 Å². The van der Waals surface area contributed by atoms with E-state index in [0.717, 1.165) is 12.8 Å². The lowest BCUT2D eigenvalue weighted by Gasteiger charge is -2.31. The summed E-state index contributed by atoms with van der Waals surface area (Å²) in [6.45, 7) is 3.77. The predicted molar refractivity (Wildman–Crippen MR) is 65.2 cm³/mol. The van der Waals surface area contributed by atoms with Gasteiger partial charge in [-0.15, -0.1) is 0 Å². The highest BCUT2D eigenvalue weighted by Crippen LogP contribution is 2.30. The Bertz CT molecular complexity index is 343. The molecule has 0 radical (unpaired) electrons.